The van der Waals surface area contributed by atoms with Gasteiger partial charge >= 0.3 is 5.97 Å². The highest BCUT2D eigenvalue weighted by atomic mass is 16.6. The highest BCUT2D eigenvalue weighted by Gasteiger charge is 2.38. The molecule has 0 aromatic rings. The molecule has 5 nitrogen and oxygen atoms in total. The largest absolute Gasteiger partial charge is 0.458 e. The molecule has 0 aliphatic carbocycles. The van der Waals surface area contributed by atoms with Crippen LogP contribution < -0.4 is 0 Å². The van der Waals surface area contributed by atoms with Gasteiger partial charge in [-0.2, -0.15) is 0 Å². The molecule has 1 saturated heterocycles. The molecule has 1 heterocycles. The fourth-order valence-electron chi connectivity index (χ4n) is 1.82. The van der Waals surface area contributed by atoms with Crippen LogP contribution in [0.4, 0.5) is 0 Å². The molecule has 1 amide bonds. The van der Waals surface area contributed by atoms with Crippen LogP contribution in [0.15, 0.2) is 0 Å². The predicted molar refractivity (Wildman–Crippen MR) is 62.5 cm³/mol. The number of nitrogens with zero attached hydrogens (tertiary/aromatic N) is 1. The van der Waals surface area contributed by atoms with Crippen LogP contribution in [-0.2, 0) is 19.1 Å². The number of carbonyl (C=O) groups is 2. The minimum atomic E-state index is -0.518. The molecule has 1 fully saturated rings. The van der Waals surface area contributed by atoms with Crippen molar-refractivity contribution in [3.8, 4) is 0 Å². The third-order valence-electron chi connectivity index (χ3n) is 2.54. The molecule has 0 bridgehead atoms. The molecular formula is C12H21NO4. The lowest BCUT2D eigenvalue weighted by atomic mass is 10.1. The molecule has 1 aliphatic rings. The highest BCUT2D eigenvalue weighted by molar-refractivity contribution is 5.88. The van der Waals surface area contributed by atoms with Crippen molar-refractivity contribution in [3.05, 3.63) is 0 Å². The maximum Gasteiger partial charge on any atom is 0.329 e. The Hall–Kier alpha value is -1.10. The van der Waals surface area contributed by atoms with Crippen molar-refractivity contribution in [1.82, 2.24) is 4.90 Å². The SMILES string of the molecule is COCCN1C(=O)CC[C@H]1C(=O)OC(C)(C)C. The van der Waals surface area contributed by atoms with Crippen LogP contribution in [0, 0.1) is 0 Å². The van der Waals surface area contributed by atoms with Crippen molar-refractivity contribution in [2.24, 2.45) is 0 Å². The number of esters is 1. The van der Waals surface area contributed by atoms with E-state index in [0.717, 1.165) is 0 Å². The van der Waals surface area contributed by atoms with Gasteiger partial charge in [0.05, 0.1) is 6.61 Å². The van der Waals surface area contributed by atoms with Crippen LogP contribution >= 0.6 is 0 Å². The Kier molecular flexibility index (Phi) is 4.51. The zero-order chi connectivity index (χ0) is 13.1. The Balaban J connectivity index is 2.62. The average molecular weight is 243 g/mol. The normalized spacial score (nSPS) is 20.8. The summed E-state index contributed by atoms with van der Waals surface area (Å²) in [6.07, 6.45) is 0.949. The van der Waals surface area contributed by atoms with Crippen LogP contribution in [0.1, 0.15) is 33.6 Å². The number of methoxy groups -OCH3 is 1. The maximum absolute atomic E-state index is 11.9. The average Bonchev–Trinajstić information content (AvgIpc) is 2.54. The number of hydrogen-bond donors (Lipinski definition) is 0. The van der Waals surface area contributed by atoms with E-state index in [-0.39, 0.29) is 11.9 Å². The van der Waals surface area contributed by atoms with E-state index in [1.165, 1.54) is 0 Å². The molecule has 0 aromatic carbocycles. The Morgan fingerprint density at radius 2 is 2.12 bits per heavy atom. The van der Waals surface area contributed by atoms with Gasteiger partial charge in [0, 0.05) is 20.1 Å². The van der Waals surface area contributed by atoms with E-state index in [0.29, 0.717) is 26.0 Å². The summed E-state index contributed by atoms with van der Waals surface area (Å²) in [6, 6.07) is -0.447. The van der Waals surface area contributed by atoms with Gasteiger partial charge in [0.25, 0.3) is 0 Å². The zero-order valence-electron chi connectivity index (χ0n) is 11.0. The van der Waals surface area contributed by atoms with Crippen molar-refractivity contribution < 1.29 is 19.1 Å². The van der Waals surface area contributed by atoms with E-state index in [4.69, 9.17) is 9.47 Å². The molecule has 0 saturated carbocycles. The summed E-state index contributed by atoms with van der Waals surface area (Å²) in [5, 5.41) is 0. The Bertz CT molecular complexity index is 295. The summed E-state index contributed by atoms with van der Waals surface area (Å²) in [5.74, 6) is -0.322. The fourth-order valence-corrected chi connectivity index (χ4v) is 1.82. The Morgan fingerprint density at radius 1 is 1.47 bits per heavy atom. The number of hydrogen-bond acceptors (Lipinski definition) is 4. The maximum atomic E-state index is 11.9. The van der Waals surface area contributed by atoms with Gasteiger partial charge in [-0.1, -0.05) is 0 Å². The van der Waals surface area contributed by atoms with Gasteiger partial charge in [0.2, 0.25) is 5.91 Å². The van der Waals surface area contributed by atoms with E-state index in [2.05, 4.69) is 0 Å². The third kappa shape index (κ3) is 4.00. The molecule has 17 heavy (non-hydrogen) atoms. The topological polar surface area (TPSA) is 55.8 Å². The van der Waals surface area contributed by atoms with Crippen LogP contribution in [0.5, 0.6) is 0 Å². The summed E-state index contributed by atoms with van der Waals surface area (Å²) in [5.41, 5.74) is -0.518. The van der Waals surface area contributed by atoms with E-state index in [1.54, 1.807) is 12.0 Å². The van der Waals surface area contributed by atoms with Gasteiger partial charge in [0.15, 0.2) is 0 Å². The second-order valence-electron chi connectivity index (χ2n) is 5.17. The summed E-state index contributed by atoms with van der Waals surface area (Å²) in [7, 11) is 1.57. The molecular weight excluding hydrogens is 222 g/mol. The van der Waals surface area contributed by atoms with Crippen molar-refractivity contribution in [2.75, 3.05) is 20.3 Å². The predicted octanol–water partition coefficient (Wildman–Crippen LogP) is 0.965. The molecule has 1 rings (SSSR count). The van der Waals surface area contributed by atoms with Crippen molar-refractivity contribution in [1.29, 1.82) is 0 Å². The summed E-state index contributed by atoms with van der Waals surface area (Å²) in [6.45, 7) is 6.34. The van der Waals surface area contributed by atoms with Gasteiger partial charge in [-0.3, -0.25) is 4.79 Å². The molecule has 0 spiro atoms. The quantitative estimate of drug-likeness (QED) is 0.690. The summed E-state index contributed by atoms with van der Waals surface area (Å²) in [4.78, 5) is 25.1. The standard InChI is InChI=1S/C12H21NO4/c1-12(2,3)17-11(15)9-5-6-10(14)13(9)7-8-16-4/h9H,5-8H2,1-4H3/t9-/m0/s1. The van der Waals surface area contributed by atoms with Crippen LogP contribution in [0.25, 0.3) is 0 Å². The minimum Gasteiger partial charge on any atom is -0.458 e. The lowest BCUT2D eigenvalue weighted by Gasteiger charge is -2.27. The minimum absolute atomic E-state index is 0.00194. The van der Waals surface area contributed by atoms with Gasteiger partial charge in [0.1, 0.15) is 11.6 Å². The second kappa shape index (κ2) is 5.49. The highest BCUT2D eigenvalue weighted by Crippen LogP contribution is 2.21. The molecule has 0 aromatic heterocycles. The number of ether oxygens (including phenoxy) is 2. The van der Waals surface area contributed by atoms with Crippen LogP contribution in [-0.4, -0.2) is 48.7 Å². The molecule has 98 valence electrons. The molecule has 5 heteroatoms. The summed E-state index contributed by atoms with van der Waals surface area (Å²) >= 11 is 0. The van der Waals surface area contributed by atoms with E-state index < -0.39 is 11.6 Å². The smallest absolute Gasteiger partial charge is 0.329 e. The molecule has 0 radical (unpaired) electrons. The fraction of sp³-hybridized carbons (Fsp3) is 0.833. The van der Waals surface area contributed by atoms with E-state index in [1.807, 2.05) is 20.8 Å². The summed E-state index contributed by atoms with van der Waals surface area (Å²) < 4.78 is 10.2. The van der Waals surface area contributed by atoms with Gasteiger partial charge in [-0.15, -0.1) is 0 Å². The molecule has 1 atom stereocenters. The van der Waals surface area contributed by atoms with E-state index >= 15 is 0 Å². The zero-order valence-corrected chi connectivity index (χ0v) is 11.0. The molecule has 1 aliphatic heterocycles. The first-order valence-corrected chi connectivity index (χ1v) is 5.86. The Labute approximate surface area is 102 Å². The number of carbonyl (C=O) groups excluding carboxylic acids is 2. The van der Waals surface area contributed by atoms with Crippen molar-refractivity contribution in [2.45, 2.75) is 45.3 Å². The van der Waals surface area contributed by atoms with Crippen LogP contribution in [0.3, 0.4) is 0 Å². The van der Waals surface area contributed by atoms with Crippen molar-refractivity contribution >= 4 is 11.9 Å². The number of rotatable bonds is 4. The van der Waals surface area contributed by atoms with Crippen molar-refractivity contribution in [3.63, 3.8) is 0 Å². The first kappa shape index (κ1) is 14.0. The third-order valence-corrected chi connectivity index (χ3v) is 2.54. The van der Waals surface area contributed by atoms with Gasteiger partial charge in [-0.25, -0.2) is 4.79 Å². The van der Waals surface area contributed by atoms with Gasteiger partial charge in [-0.05, 0) is 27.2 Å². The lowest BCUT2D eigenvalue weighted by Crippen LogP contribution is -2.43. The number of amides is 1. The first-order chi connectivity index (χ1) is 7.85. The monoisotopic (exact) mass is 243 g/mol. The van der Waals surface area contributed by atoms with Gasteiger partial charge < -0.3 is 14.4 Å². The second-order valence-corrected chi connectivity index (χ2v) is 5.17. The molecule has 0 N–H and O–H groups in total. The van der Waals surface area contributed by atoms with Crippen LogP contribution in [0.2, 0.25) is 0 Å². The lowest BCUT2D eigenvalue weighted by molar-refractivity contribution is -0.162. The Morgan fingerprint density at radius 3 is 2.65 bits per heavy atom. The number of likely N-dealkylation sites (tertiary alicyclic amines) is 1. The molecule has 0 unspecified atom stereocenters. The first-order valence-electron chi connectivity index (χ1n) is 5.86. The van der Waals surface area contributed by atoms with E-state index in [9.17, 15) is 9.59 Å².